The van der Waals surface area contributed by atoms with E-state index < -0.39 is 0 Å². The number of unbranched alkanes of at least 4 members (excludes halogenated alkanes) is 11. The zero-order valence-electron chi connectivity index (χ0n) is 19.5. The molecule has 0 aromatic carbocycles. The predicted octanol–water partition coefficient (Wildman–Crippen LogP) is 8.61. The molecule has 0 radical (unpaired) electrons. The molecule has 26 heavy (non-hydrogen) atoms. The maximum absolute atomic E-state index is 2.83. The summed E-state index contributed by atoms with van der Waals surface area (Å²) >= 11 is 0. The largest absolute Gasteiger partial charge is 0.298 e. The Morgan fingerprint density at radius 3 is 1.65 bits per heavy atom. The number of hydrogen-bond donors (Lipinski definition) is 0. The fraction of sp³-hybridized carbons (Fsp3) is 1.00. The van der Waals surface area contributed by atoms with E-state index in [0.717, 1.165) is 18.0 Å². The number of hydrogen-bond acceptors (Lipinski definition) is 1. The van der Waals surface area contributed by atoms with Crippen LogP contribution in [0.4, 0.5) is 0 Å². The molecule has 0 aromatic heterocycles. The van der Waals surface area contributed by atoms with Gasteiger partial charge in [-0.05, 0) is 45.6 Å². The van der Waals surface area contributed by atoms with Crippen LogP contribution in [0.1, 0.15) is 138 Å². The Morgan fingerprint density at radius 1 is 0.692 bits per heavy atom. The van der Waals surface area contributed by atoms with E-state index in [1.54, 1.807) is 0 Å². The summed E-state index contributed by atoms with van der Waals surface area (Å²) < 4.78 is 0. The molecule has 0 amide bonds. The average molecular weight is 368 g/mol. The van der Waals surface area contributed by atoms with Crippen molar-refractivity contribution in [2.24, 2.45) is 5.92 Å². The van der Waals surface area contributed by atoms with E-state index in [4.69, 9.17) is 0 Å². The van der Waals surface area contributed by atoms with Gasteiger partial charge < -0.3 is 0 Å². The quantitative estimate of drug-likeness (QED) is 0.232. The predicted molar refractivity (Wildman–Crippen MR) is 121 cm³/mol. The fourth-order valence-electron chi connectivity index (χ4n) is 4.19. The lowest BCUT2D eigenvalue weighted by atomic mass is 10.1. The van der Waals surface area contributed by atoms with Gasteiger partial charge in [-0.1, -0.05) is 105 Å². The maximum Gasteiger partial charge on any atom is 0.0130 e. The minimum atomic E-state index is 0.740. The molecule has 1 nitrogen and oxygen atoms in total. The standard InChI is InChI=1S/C23H47N.C2H6/c1-5-7-9-11-12-13-15-17-19-24(21(3)4)23-20-22(23)18-16-14-10-8-6-2;1-2/h21-23H,5-20H2,1-4H3;1-2H3. The van der Waals surface area contributed by atoms with Crippen LogP contribution in [-0.4, -0.2) is 23.5 Å². The fourth-order valence-corrected chi connectivity index (χ4v) is 4.19. The highest BCUT2D eigenvalue weighted by molar-refractivity contribution is 4.95. The molecule has 1 aliphatic carbocycles. The van der Waals surface area contributed by atoms with Gasteiger partial charge in [0.05, 0.1) is 0 Å². The van der Waals surface area contributed by atoms with E-state index in [2.05, 4.69) is 32.6 Å². The van der Waals surface area contributed by atoms with Crippen LogP contribution in [0, 0.1) is 5.92 Å². The van der Waals surface area contributed by atoms with Crippen LogP contribution in [0.3, 0.4) is 0 Å². The van der Waals surface area contributed by atoms with Gasteiger partial charge in [-0.3, -0.25) is 4.90 Å². The van der Waals surface area contributed by atoms with Gasteiger partial charge in [-0.15, -0.1) is 0 Å². The molecular weight excluding hydrogens is 314 g/mol. The molecule has 0 aromatic rings. The topological polar surface area (TPSA) is 3.24 Å². The summed E-state index contributed by atoms with van der Waals surface area (Å²) in [7, 11) is 0. The van der Waals surface area contributed by atoms with E-state index in [0.29, 0.717) is 0 Å². The molecule has 0 saturated heterocycles. The first-order valence-electron chi connectivity index (χ1n) is 12.5. The monoisotopic (exact) mass is 367 g/mol. The summed E-state index contributed by atoms with van der Waals surface area (Å²) in [6, 6.07) is 1.67. The molecular formula is C25H53N. The second-order valence-electron chi connectivity index (χ2n) is 8.57. The molecule has 0 N–H and O–H groups in total. The molecule has 1 saturated carbocycles. The Labute approximate surface area is 167 Å². The van der Waals surface area contributed by atoms with Gasteiger partial charge in [0.25, 0.3) is 0 Å². The second kappa shape index (κ2) is 18.3. The summed E-state index contributed by atoms with van der Waals surface area (Å²) in [6.45, 7) is 14.8. The molecule has 0 aliphatic heterocycles. The lowest BCUT2D eigenvalue weighted by Crippen LogP contribution is -2.35. The summed E-state index contributed by atoms with van der Waals surface area (Å²) in [5, 5.41) is 0. The first kappa shape index (κ1) is 26.0. The van der Waals surface area contributed by atoms with E-state index >= 15 is 0 Å². The van der Waals surface area contributed by atoms with Gasteiger partial charge in [0, 0.05) is 12.1 Å². The molecule has 0 bridgehead atoms. The van der Waals surface area contributed by atoms with Crippen LogP contribution < -0.4 is 0 Å². The van der Waals surface area contributed by atoms with Crippen LogP contribution in [0.2, 0.25) is 0 Å². The lowest BCUT2D eigenvalue weighted by Gasteiger charge is -2.27. The molecule has 1 rings (SSSR count). The summed E-state index contributed by atoms with van der Waals surface area (Å²) in [6.07, 6.45) is 21.7. The molecule has 1 heteroatoms. The Morgan fingerprint density at radius 2 is 1.15 bits per heavy atom. The highest BCUT2D eigenvalue weighted by Crippen LogP contribution is 2.41. The van der Waals surface area contributed by atoms with E-state index in [1.807, 2.05) is 13.8 Å². The van der Waals surface area contributed by atoms with E-state index in [1.165, 1.54) is 103 Å². The van der Waals surface area contributed by atoms with Crippen molar-refractivity contribution in [3.63, 3.8) is 0 Å². The maximum atomic E-state index is 2.83. The van der Waals surface area contributed by atoms with Gasteiger partial charge in [-0.25, -0.2) is 0 Å². The SMILES string of the molecule is CC.CCCCCCCCCCN(C(C)C)C1CC1CCCCCCC. The Kier molecular flexibility index (Phi) is 18.3. The van der Waals surface area contributed by atoms with E-state index in [9.17, 15) is 0 Å². The van der Waals surface area contributed by atoms with Gasteiger partial charge in [0.1, 0.15) is 0 Å². The van der Waals surface area contributed by atoms with Crippen molar-refractivity contribution in [1.82, 2.24) is 4.90 Å². The zero-order valence-corrected chi connectivity index (χ0v) is 19.5. The molecule has 2 atom stereocenters. The summed E-state index contributed by atoms with van der Waals surface area (Å²) in [4.78, 5) is 2.83. The average Bonchev–Trinajstić information content (AvgIpc) is 3.40. The van der Waals surface area contributed by atoms with Crippen LogP contribution in [0.15, 0.2) is 0 Å². The van der Waals surface area contributed by atoms with Crippen LogP contribution in [0.5, 0.6) is 0 Å². The van der Waals surface area contributed by atoms with Gasteiger partial charge in [0.2, 0.25) is 0 Å². The van der Waals surface area contributed by atoms with Crippen molar-refractivity contribution in [2.45, 2.75) is 150 Å². The minimum Gasteiger partial charge on any atom is -0.298 e. The highest BCUT2D eigenvalue weighted by atomic mass is 15.2. The first-order valence-corrected chi connectivity index (χ1v) is 12.5. The third-order valence-electron chi connectivity index (χ3n) is 5.92. The normalized spacial score (nSPS) is 18.9. The molecule has 1 fully saturated rings. The van der Waals surface area contributed by atoms with Gasteiger partial charge in [-0.2, -0.15) is 0 Å². The Hall–Kier alpha value is -0.0400. The van der Waals surface area contributed by atoms with Crippen molar-refractivity contribution < 1.29 is 0 Å². The number of nitrogens with zero attached hydrogens (tertiary/aromatic N) is 1. The van der Waals surface area contributed by atoms with Crippen molar-refractivity contribution in [3.8, 4) is 0 Å². The summed E-state index contributed by atoms with van der Waals surface area (Å²) in [5.41, 5.74) is 0. The second-order valence-corrected chi connectivity index (χ2v) is 8.57. The van der Waals surface area contributed by atoms with Crippen LogP contribution in [0.25, 0.3) is 0 Å². The van der Waals surface area contributed by atoms with Gasteiger partial charge >= 0.3 is 0 Å². The molecule has 158 valence electrons. The van der Waals surface area contributed by atoms with E-state index in [-0.39, 0.29) is 0 Å². The highest BCUT2D eigenvalue weighted by Gasteiger charge is 2.41. The van der Waals surface area contributed by atoms with Crippen molar-refractivity contribution in [2.75, 3.05) is 6.54 Å². The first-order chi connectivity index (χ1) is 12.7. The molecule has 1 aliphatic rings. The smallest absolute Gasteiger partial charge is 0.0130 e. The Bertz CT molecular complexity index is 273. The van der Waals surface area contributed by atoms with Crippen LogP contribution in [-0.2, 0) is 0 Å². The summed E-state index contributed by atoms with van der Waals surface area (Å²) in [5.74, 6) is 1.03. The molecule has 2 unspecified atom stereocenters. The zero-order chi connectivity index (χ0) is 19.6. The van der Waals surface area contributed by atoms with Crippen molar-refractivity contribution >= 4 is 0 Å². The third-order valence-corrected chi connectivity index (χ3v) is 5.92. The molecule has 0 spiro atoms. The van der Waals surface area contributed by atoms with Gasteiger partial charge in [0.15, 0.2) is 0 Å². The lowest BCUT2D eigenvalue weighted by molar-refractivity contribution is 0.195. The Balaban J connectivity index is 0.00000301. The van der Waals surface area contributed by atoms with Crippen LogP contribution >= 0.6 is 0 Å². The third kappa shape index (κ3) is 13.2. The number of rotatable bonds is 17. The minimum absolute atomic E-state index is 0.740. The molecule has 0 heterocycles. The van der Waals surface area contributed by atoms with Crippen molar-refractivity contribution in [3.05, 3.63) is 0 Å². The van der Waals surface area contributed by atoms with Crippen molar-refractivity contribution in [1.29, 1.82) is 0 Å².